The van der Waals surface area contributed by atoms with Crippen LogP contribution in [0, 0.1) is 0 Å². The van der Waals surface area contributed by atoms with E-state index in [-0.39, 0.29) is 36.0 Å². The molecule has 0 aromatic carbocycles. The highest BCUT2D eigenvalue weighted by atomic mass is 16.6. The third kappa shape index (κ3) is 5.79. The molecule has 220 valence electrons. The third-order valence-electron chi connectivity index (χ3n) is 7.28. The Morgan fingerprint density at radius 3 is 2.46 bits per heavy atom. The van der Waals surface area contributed by atoms with E-state index in [1.54, 1.807) is 44.7 Å². The lowest BCUT2D eigenvalue weighted by atomic mass is 9.81. The van der Waals surface area contributed by atoms with Crippen LogP contribution in [-0.4, -0.2) is 95.6 Å². The number of aromatic nitrogens is 1. The van der Waals surface area contributed by atoms with Crippen LogP contribution < -0.4 is 20.3 Å². The van der Waals surface area contributed by atoms with E-state index in [0.717, 1.165) is 0 Å². The van der Waals surface area contributed by atoms with Crippen molar-refractivity contribution in [1.82, 2.24) is 20.1 Å². The molecule has 2 N–H and O–H groups in total. The summed E-state index contributed by atoms with van der Waals surface area (Å²) in [6.07, 6.45) is 1.18. The SMILES string of the molecule is CCOc1nc(N2CCN(C(C)=O)CC2)ccc1NC(=O)c1coc2c1C(=O)NC1(C2)CN(C(=O)OC(C)(C)C)C1. The number of piperazine rings is 1. The van der Waals surface area contributed by atoms with Crippen LogP contribution in [0.4, 0.5) is 16.3 Å². The van der Waals surface area contributed by atoms with Crippen LogP contribution in [0.1, 0.15) is 61.1 Å². The van der Waals surface area contributed by atoms with Crippen LogP contribution in [0.2, 0.25) is 0 Å². The molecule has 0 saturated carbocycles. The first-order valence-corrected chi connectivity index (χ1v) is 13.7. The highest BCUT2D eigenvalue weighted by molar-refractivity contribution is 6.13. The molecular weight excluding hydrogens is 532 g/mol. The maximum absolute atomic E-state index is 13.3. The Morgan fingerprint density at radius 1 is 1.12 bits per heavy atom. The van der Waals surface area contributed by atoms with Gasteiger partial charge in [0.2, 0.25) is 11.8 Å². The molecular formula is C28H36N6O7. The molecule has 13 heteroatoms. The van der Waals surface area contributed by atoms with E-state index in [0.29, 0.717) is 56.5 Å². The average molecular weight is 569 g/mol. The van der Waals surface area contributed by atoms with E-state index in [2.05, 4.69) is 20.5 Å². The van der Waals surface area contributed by atoms with Gasteiger partial charge in [0.1, 0.15) is 29.1 Å². The first-order valence-electron chi connectivity index (χ1n) is 13.7. The summed E-state index contributed by atoms with van der Waals surface area (Å²) in [6.45, 7) is 12.2. The number of ether oxygens (including phenoxy) is 2. The van der Waals surface area contributed by atoms with Crippen LogP contribution in [0.3, 0.4) is 0 Å². The van der Waals surface area contributed by atoms with Crippen molar-refractivity contribution in [2.75, 3.05) is 56.1 Å². The predicted octanol–water partition coefficient (Wildman–Crippen LogP) is 2.27. The van der Waals surface area contributed by atoms with Gasteiger partial charge in [0, 0.05) is 52.6 Å². The minimum absolute atomic E-state index is 0.0476. The number of likely N-dealkylation sites (tertiary alicyclic amines) is 1. The lowest BCUT2D eigenvalue weighted by molar-refractivity contribution is -0.129. The van der Waals surface area contributed by atoms with Gasteiger partial charge in [-0.05, 0) is 39.8 Å². The van der Waals surface area contributed by atoms with E-state index >= 15 is 0 Å². The van der Waals surface area contributed by atoms with Crippen molar-refractivity contribution >= 4 is 35.3 Å². The molecule has 41 heavy (non-hydrogen) atoms. The Morgan fingerprint density at radius 2 is 1.83 bits per heavy atom. The smallest absolute Gasteiger partial charge is 0.410 e. The summed E-state index contributed by atoms with van der Waals surface area (Å²) in [7, 11) is 0. The van der Waals surface area contributed by atoms with Crippen molar-refractivity contribution in [3.63, 3.8) is 0 Å². The number of amides is 4. The summed E-state index contributed by atoms with van der Waals surface area (Å²) in [5, 5.41) is 5.77. The summed E-state index contributed by atoms with van der Waals surface area (Å²) in [4.78, 5) is 60.5. The molecule has 0 aliphatic carbocycles. The summed E-state index contributed by atoms with van der Waals surface area (Å²) >= 11 is 0. The number of carbonyl (C=O) groups is 4. The summed E-state index contributed by atoms with van der Waals surface area (Å²) < 4.78 is 16.8. The van der Waals surface area contributed by atoms with Crippen LogP contribution in [0.15, 0.2) is 22.8 Å². The van der Waals surface area contributed by atoms with E-state index < -0.39 is 29.0 Å². The van der Waals surface area contributed by atoms with Crippen molar-refractivity contribution < 1.29 is 33.1 Å². The predicted molar refractivity (Wildman–Crippen MR) is 148 cm³/mol. The number of fused-ring (bicyclic) bond motifs is 1. The van der Waals surface area contributed by atoms with E-state index in [9.17, 15) is 19.2 Å². The minimum atomic E-state index is -0.662. The highest BCUT2D eigenvalue weighted by Gasteiger charge is 2.52. The first-order chi connectivity index (χ1) is 19.4. The van der Waals surface area contributed by atoms with Crippen molar-refractivity contribution in [2.45, 2.75) is 52.2 Å². The van der Waals surface area contributed by atoms with Gasteiger partial charge in [0.05, 0.1) is 23.3 Å². The van der Waals surface area contributed by atoms with Gasteiger partial charge in [-0.15, -0.1) is 0 Å². The molecule has 3 aliphatic heterocycles. The van der Waals surface area contributed by atoms with Crippen molar-refractivity contribution in [1.29, 1.82) is 0 Å². The number of nitrogens with one attached hydrogen (secondary N) is 2. The second-order valence-corrected chi connectivity index (χ2v) is 11.6. The lowest BCUT2D eigenvalue weighted by Gasteiger charge is -2.51. The Bertz CT molecular complexity index is 1370. The molecule has 4 amide bonds. The van der Waals surface area contributed by atoms with Crippen molar-refractivity contribution in [3.05, 3.63) is 35.3 Å². The third-order valence-corrected chi connectivity index (χ3v) is 7.28. The molecule has 5 heterocycles. The molecule has 0 unspecified atom stereocenters. The number of nitrogens with zero attached hydrogens (tertiary/aromatic N) is 4. The van der Waals surface area contributed by atoms with Crippen LogP contribution in [0.25, 0.3) is 0 Å². The maximum Gasteiger partial charge on any atom is 0.410 e. The quantitative estimate of drug-likeness (QED) is 0.554. The fraction of sp³-hybridized carbons (Fsp3) is 0.536. The average Bonchev–Trinajstić information content (AvgIpc) is 3.32. The van der Waals surface area contributed by atoms with Crippen molar-refractivity contribution in [3.8, 4) is 5.88 Å². The molecule has 0 bridgehead atoms. The number of carbonyl (C=O) groups excluding carboxylic acids is 4. The lowest BCUT2D eigenvalue weighted by Crippen LogP contribution is -2.73. The number of furan rings is 1. The zero-order valence-corrected chi connectivity index (χ0v) is 24.0. The standard InChI is InChI=1S/C28H36N6O7/c1-6-39-25-19(7-8-21(30-25)33-11-9-32(10-12-33)17(2)35)29-23(36)18-14-40-20-13-28(31-24(37)22(18)20)15-34(16-28)26(38)41-27(3,4)5/h7-8,14H,6,9-13,15-16H2,1-5H3,(H,29,36)(H,31,37). The Balaban J connectivity index is 1.27. The summed E-state index contributed by atoms with van der Waals surface area (Å²) in [5.41, 5.74) is -0.643. The Labute approximate surface area is 238 Å². The normalized spacial score (nSPS) is 17.9. The van der Waals surface area contributed by atoms with Gasteiger partial charge in [-0.3, -0.25) is 14.4 Å². The molecule has 5 rings (SSSR count). The molecule has 2 fully saturated rings. The number of rotatable bonds is 5. The molecule has 2 saturated heterocycles. The largest absolute Gasteiger partial charge is 0.476 e. The molecule has 1 spiro atoms. The summed E-state index contributed by atoms with van der Waals surface area (Å²) in [6, 6.07) is 3.50. The fourth-order valence-electron chi connectivity index (χ4n) is 5.32. The molecule has 2 aromatic heterocycles. The second kappa shape index (κ2) is 10.6. The topological polar surface area (TPSA) is 147 Å². The molecule has 2 aromatic rings. The molecule has 0 atom stereocenters. The zero-order chi connectivity index (χ0) is 29.5. The van der Waals surface area contributed by atoms with E-state index in [1.807, 2.05) is 6.92 Å². The van der Waals surface area contributed by atoms with Gasteiger partial charge in [-0.1, -0.05) is 0 Å². The maximum atomic E-state index is 13.3. The van der Waals surface area contributed by atoms with Gasteiger partial charge in [-0.25, -0.2) is 4.79 Å². The Kier molecular flexibility index (Phi) is 7.30. The first kappa shape index (κ1) is 28.2. The number of hydrogen-bond donors (Lipinski definition) is 2. The number of anilines is 2. The minimum Gasteiger partial charge on any atom is -0.476 e. The van der Waals surface area contributed by atoms with Gasteiger partial charge in [-0.2, -0.15) is 4.98 Å². The number of pyridine rings is 1. The fourth-order valence-corrected chi connectivity index (χ4v) is 5.32. The van der Waals surface area contributed by atoms with Gasteiger partial charge < -0.3 is 39.2 Å². The van der Waals surface area contributed by atoms with Crippen molar-refractivity contribution in [2.24, 2.45) is 0 Å². The molecule has 3 aliphatic rings. The van der Waals surface area contributed by atoms with Gasteiger partial charge in [0.25, 0.3) is 11.8 Å². The second-order valence-electron chi connectivity index (χ2n) is 11.6. The zero-order valence-electron chi connectivity index (χ0n) is 24.0. The summed E-state index contributed by atoms with van der Waals surface area (Å²) in [5.74, 6) is 0.413. The van der Waals surface area contributed by atoms with E-state index in [4.69, 9.17) is 13.9 Å². The number of hydrogen-bond acceptors (Lipinski definition) is 9. The van der Waals surface area contributed by atoms with Gasteiger partial charge in [0.15, 0.2) is 0 Å². The van der Waals surface area contributed by atoms with E-state index in [1.165, 1.54) is 11.2 Å². The molecule has 13 nitrogen and oxygen atoms in total. The van der Waals surface area contributed by atoms with Gasteiger partial charge >= 0.3 is 6.09 Å². The molecule has 0 radical (unpaired) electrons. The highest BCUT2D eigenvalue weighted by Crippen LogP contribution is 2.35. The Hall–Kier alpha value is -4.29. The monoisotopic (exact) mass is 568 g/mol. The van der Waals surface area contributed by atoms with Crippen LogP contribution in [0.5, 0.6) is 5.88 Å². The van der Waals surface area contributed by atoms with Crippen LogP contribution >= 0.6 is 0 Å². The van der Waals surface area contributed by atoms with Crippen LogP contribution in [-0.2, 0) is 16.0 Å².